The van der Waals surface area contributed by atoms with Gasteiger partial charge in [0.15, 0.2) is 0 Å². The monoisotopic (exact) mass is 468 g/mol. The number of nitrogens with two attached hydrogens (primary N) is 4. The van der Waals surface area contributed by atoms with Crippen molar-refractivity contribution in [3.8, 4) is 0 Å². The first-order valence-electron chi connectivity index (χ1n) is 8.96. The molecule has 12 N–H and O–H groups in total. The van der Waals surface area contributed by atoms with Gasteiger partial charge < -0.3 is 63.2 Å². The number of rotatable bonds is 14. The normalized spacial score (nSPS) is 16.8. The Morgan fingerprint density at radius 2 is 0.759 bits per heavy atom. The number of carboxylic acid groups (broad SMARTS) is 2. The SMILES string of the molecule is NCC(O)CC(CC(O)CN)C(=O)[O-].NCC(O)CC(CC(O)CN)C(=O)[O-].[Ni+2]. The molecule has 0 aromatic carbocycles. The second kappa shape index (κ2) is 19.1. The maximum atomic E-state index is 10.6. The molecule has 0 aromatic rings. The molecule has 29 heavy (non-hydrogen) atoms. The molecule has 0 radical (unpaired) electrons. The van der Waals surface area contributed by atoms with Gasteiger partial charge in [-0.1, -0.05) is 0 Å². The maximum Gasteiger partial charge on any atom is 2.00 e. The smallest absolute Gasteiger partial charge is 0.550 e. The first kappa shape index (κ1) is 32.8. The summed E-state index contributed by atoms with van der Waals surface area (Å²) in [6, 6.07) is 0. The summed E-state index contributed by atoms with van der Waals surface area (Å²) < 4.78 is 0. The van der Waals surface area contributed by atoms with E-state index in [0.717, 1.165) is 0 Å². The Bertz CT molecular complexity index is 374. The summed E-state index contributed by atoms with van der Waals surface area (Å²) in [7, 11) is 0. The van der Waals surface area contributed by atoms with E-state index in [2.05, 4.69) is 0 Å². The number of carbonyl (C=O) groups excluding carboxylic acids is 2. The van der Waals surface area contributed by atoms with Crippen LogP contribution in [0.15, 0.2) is 0 Å². The zero-order chi connectivity index (χ0) is 22.3. The van der Waals surface area contributed by atoms with Gasteiger partial charge in [-0.2, -0.15) is 0 Å². The Morgan fingerprint density at radius 1 is 0.586 bits per heavy atom. The summed E-state index contributed by atoms with van der Waals surface area (Å²) in [6.07, 6.45) is -3.62. The first-order chi connectivity index (χ1) is 13.0. The van der Waals surface area contributed by atoms with Crippen LogP contribution < -0.4 is 33.1 Å². The summed E-state index contributed by atoms with van der Waals surface area (Å²) in [5.74, 6) is -4.42. The Balaban J connectivity index is -0.000000451. The van der Waals surface area contributed by atoms with Gasteiger partial charge in [0.2, 0.25) is 0 Å². The first-order valence-corrected chi connectivity index (χ1v) is 8.96. The fourth-order valence-corrected chi connectivity index (χ4v) is 2.28. The molecule has 0 amide bonds. The summed E-state index contributed by atoms with van der Waals surface area (Å²) in [5, 5.41) is 57.7. The molecular formula is C16H34N4NiO8. The topological polar surface area (TPSA) is 265 Å². The molecule has 0 saturated heterocycles. The third-order valence-electron chi connectivity index (χ3n) is 3.98. The molecule has 0 aromatic heterocycles. The second-order valence-corrected chi connectivity index (χ2v) is 6.53. The molecule has 0 aliphatic rings. The van der Waals surface area contributed by atoms with E-state index in [1.165, 1.54) is 0 Å². The predicted octanol–water partition coefficient (Wildman–Crippen LogP) is -6.46. The third kappa shape index (κ3) is 17.7. The van der Waals surface area contributed by atoms with Crippen LogP contribution in [0.2, 0.25) is 0 Å². The predicted molar refractivity (Wildman–Crippen MR) is 95.7 cm³/mol. The largest absolute Gasteiger partial charge is 2.00 e. The number of carbonyl (C=O) groups is 2. The van der Waals surface area contributed by atoms with Crippen LogP contribution in [0.25, 0.3) is 0 Å². The van der Waals surface area contributed by atoms with Gasteiger partial charge in [-0.15, -0.1) is 0 Å². The van der Waals surface area contributed by atoms with Crippen LogP contribution in [0.3, 0.4) is 0 Å². The van der Waals surface area contributed by atoms with Crippen molar-refractivity contribution < 1.29 is 56.7 Å². The van der Waals surface area contributed by atoms with Crippen LogP contribution >= 0.6 is 0 Å². The molecule has 0 aliphatic heterocycles. The fraction of sp³-hybridized carbons (Fsp3) is 0.875. The van der Waals surface area contributed by atoms with E-state index in [0.29, 0.717) is 0 Å². The van der Waals surface area contributed by atoms with Crippen LogP contribution in [-0.4, -0.2) is 83.0 Å². The van der Waals surface area contributed by atoms with E-state index in [4.69, 9.17) is 43.4 Å². The van der Waals surface area contributed by atoms with E-state index >= 15 is 0 Å². The van der Waals surface area contributed by atoms with Crippen molar-refractivity contribution >= 4 is 11.9 Å². The minimum atomic E-state index is -1.30. The molecule has 176 valence electrons. The van der Waals surface area contributed by atoms with Crippen LogP contribution in [0, 0.1) is 11.8 Å². The standard InChI is InChI=1S/2C8H18N2O4.Ni/c2*9-3-6(11)1-5(8(13)14)2-7(12)4-10;/h2*5-7,11-12H,1-4,9-10H2,(H,13,14);/q;;+2/p-2. The average molecular weight is 469 g/mol. The van der Waals surface area contributed by atoms with Crippen LogP contribution in [0.1, 0.15) is 25.7 Å². The van der Waals surface area contributed by atoms with Crippen molar-refractivity contribution in [2.45, 2.75) is 50.1 Å². The van der Waals surface area contributed by atoms with Crippen molar-refractivity contribution in [2.75, 3.05) is 26.2 Å². The molecule has 13 heteroatoms. The van der Waals surface area contributed by atoms with Gasteiger partial charge in [0.05, 0.1) is 24.4 Å². The third-order valence-corrected chi connectivity index (χ3v) is 3.98. The number of hydrogen-bond donors (Lipinski definition) is 8. The van der Waals surface area contributed by atoms with Crippen LogP contribution in [-0.2, 0) is 26.1 Å². The summed E-state index contributed by atoms with van der Waals surface area (Å²) in [6.45, 7) is -0.0456. The number of aliphatic hydroxyl groups excluding tert-OH is 4. The van der Waals surface area contributed by atoms with Gasteiger partial charge in [-0.25, -0.2) is 0 Å². The van der Waals surface area contributed by atoms with E-state index < -0.39 is 48.2 Å². The average Bonchev–Trinajstić information content (AvgIpc) is 2.66. The van der Waals surface area contributed by atoms with E-state index in [9.17, 15) is 19.8 Å². The van der Waals surface area contributed by atoms with Gasteiger partial charge in [0, 0.05) is 50.0 Å². The summed E-state index contributed by atoms with van der Waals surface area (Å²) >= 11 is 0. The number of aliphatic hydroxyl groups is 4. The maximum absolute atomic E-state index is 10.6. The van der Waals surface area contributed by atoms with E-state index in [1.807, 2.05) is 0 Å². The Morgan fingerprint density at radius 3 is 0.862 bits per heavy atom. The van der Waals surface area contributed by atoms with Crippen molar-refractivity contribution in [1.29, 1.82) is 0 Å². The van der Waals surface area contributed by atoms with Gasteiger partial charge in [0.25, 0.3) is 0 Å². The number of hydrogen-bond acceptors (Lipinski definition) is 12. The molecule has 0 spiro atoms. The molecule has 0 fully saturated rings. The molecule has 4 atom stereocenters. The molecule has 0 aliphatic carbocycles. The van der Waals surface area contributed by atoms with Crippen molar-refractivity contribution in [3.05, 3.63) is 0 Å². The Hall–Kier alpha value is -0.886. The molecule has 0 saturated carbocycles. The van der Waals surface area contributed by atoms with Crippen LogP contribution in [0.4, 0.5) is 0 Å². The van der Waals surface area contributed by atoms with Crippen LogP contribution in [0.5, 0.6) is 0 Å². The quantitative estimate of drug-likeness (QED) is 0.110. The molecule has 0 bridgehead atoms. The second-order valence-electron chi connectivity index (χ2n) is 6.53. The van der Waals surface area contributed by atoms with Crippen molar-refractivity contribution in [2.24, 2.45) is 34.8 Å². The molecule has 0 heterocycles. The molecule has 0 rings (SSSR count). The van der Waals surface area contributed by atoms with Crippen molar-refractivity contribution in [3.63, 3.8) is 0 Å². The fourth-order valence-electron chi connectivity index (χ4n) is 2.28. The number of aliphatic carboxylic acids is 2. The van der Waals surface area contributed by atoms with Gasteiger partial charge >= 0.3 is 16.5 Å². The molecule has 4 unspecified atom stereocenters. The van der Waals surface area contributed by atoms with E-state index in [1.54, 1.807) is 0 Å². The zero-order valence-corrected chi connectivity index (χ0v) is 17.2. The molecule has 12 nitrogen and oxygen atoms in total. The summed E-state index contributed by atoms with van der Waals surface area (Å²) in [5.41, 5.74) is 20.5. The molecular weight excluding hydrogens is 435 g/mol. The Kier molecular flexibility index (Phi) is 21.6. The van der Waals surface area contributed by atoms with Gasteiger partial charge in [-0.05, 0) is 25.7 Å². The summed E-state index contributed by atoms with van der Waals surface area (Å²) in [4.78, 5) is 21.2. The number of carboxylic acids is 2. The van der Waals surface area contributed by atoms with Gasteiger partial charge in [-0.3, -0.25) is 0 Å². The van der Waals surface area contributed by atoms with Gasteiger partial charge in [0.1, 0.15) is 0 Å². The minimum absolute atomic E-state index is 0. The Labute approximate surface area is 180 Å². The minimum Gasteiger partial charge on any atom is -0.550 e. The zero-order valence-electron chi connectivity index (χ0n) is 16.2. The van der Waals surface area contributed by atoms with E-state index in [-0.39, 0.29) is 68.4 Å². The van der Waals surface area contributed by atoms with Crippen molar-refractivity contribution in [1.82, 2.24) is 0 Å².